The van der Waals surface area contributed by atoms with Crippen LogP contribution in [-0.4, -0.2) is 22.8 Å². The molecule has 0 aliphatic carbocycles. The summed E-state index contributed by atoms with van der Waals surface area (Å²) in [5, 5.41) is 14.0. The Morgan fingerprint density at radius 1 is 0.839 bits per heavy atom. The molecule has 0 aliphatic rings. The average molecular weight is 427 g/mol. The lowest BCUT2D eigenvalue weighted by molar-refractivity contribution is -0.176. The third kappa shape index (κ3) is 5.73. The zero-order chi connectivity index (χ0) is 22.5. The standard InChI is InChI=1S/C25H24F3NO2/c1-18-10-8-9-15-21(18)22(29-23(30)25(26,27)28)24(31,16-19-11-4-2-5-12-19)17-20-13-6-3-7-14-20/h2-15,22,31H,16-17H2,1H3,(H,29,30). The van der Waals surface area contributed by atoms with E-state index >= 15 is 0 Å². The van der Waals surface area contributed by atoms with Crippen LogP contribution in [0.15, 0.2) is 84.9 Å². The molecular weight excluding hydrogens is 403 g/mol. The molecule has 0 bridgehead atoms. The van der Waals surface area contributed by atoms with E-state index in [1.54, 1.807) is 79.7 Å². The van der Waals surface area contributed by atoms with Crippen molar-refractivity contribution in [1.82, 2.24) is 5.32 Å². The molecule has 1 amide bonds. The van der Waals surface area contributed by atoms with Crippen molar-refractivity contribution in [3.63, 3.8) is 0 Å². The minimum atomic E-state index is -5.07. The number of carbonyl (C=O) groups excluding carboxylic acids is 1. The van der Waals surface area contributed by atoms with Crippen molar-refractivity contribution in [3.05, 3.63) is 107 Å². The van der Waals surface area contributed by atoms with E-state index in [1.807, 2.05) is 12.1 Å². The average Bonchev–Trinajstić information content (AvgIpc) is 2.73. The zero-order valence-electron chi connectivity index (χ0n) is 17.1. The highest BCUT2D eigenvalue weighted by Gasteiger charge is 2.45. The van der Waals surface area contributed by atoms with Gasteiger partial charge in [0.2, 0.25) is 0 Å². The van der Waals surface area contributed by atoms with Crippen molar-refractivity contribution < 1.29 is 23.1 Å². The summed E-state index contributed by atoms with van der Waals surface area (Å²) in [5.41, 5.74) is 0.904. The molecular formula is C25H24F3NO2. The van der Waals surface area contributed by atoms with Crippen molar-refractivity contribution in [3.8, 4) is 0 Å². The van der Waals surface area contributed by atoms with Gasteiger partial charge < -0.3 is 10.4 Å². The Balaban J connectivity index is 2.11. The van der Waals surface area contributed by atoms with Crippen LogP contribution in [0.5, 0.6) is 0 Å². The first-order chi connectivity index (χ1) is 14.7. The number of aliphatic hydroxyl groups is 1. The normalized spacial score (nSPS) is 12.9. The van der Waals surface area contributed by atoms with Crippen LogP contribution in [0.25, 0.3) is 0 Å². The highest BCUT2D eigenvalue weighted by atomic mass is 19.4. The Kier molecular flexibility index (Phi) is 6.81. The summed E-state index contributed by atoms with van der Waals surface area (Å²) in [6.07, 6.45) is -4.96. The van der Waals surface area contributed by atoms with Crippen LogP contribution < -0.4 is 5.32 Å². The summed E-state index contributed by atoms with van der Waals surface area (Å²) < 4.78 is 39.5. The van der Waals surface area contributed by atoms with Crippen LogP contribution in [0.1, 0.15) is 28.3 Å². The summed E-state index contributed by atoms with van der Waals surface area (Å²) in [6.45, 7) is 1.74. The van der Waals surface area contributed by atoms with Gasteiger partial charge in [0.15, 0.2) is 0 Å². The van der Waals surface area contributed by atoms with Crippen molar-refractivity contribution in [2.75, 3.05) is 0 Å². The van der Waals surface area contributed by atoms with E-state index in [1.165, 1.54) is 0 Å². The van der Waals surface area contributed by atoms with Gasteiger partial charge in [-0.3, -0.25) is 4.79 Å². The molecule has 1 unspecified atom stereocenters. The monoisotopic (exact) mass is 427 g/mol. The van der Waals surface area contributed by atoms with Gasteiger partial charge in [0.1, 0.15) is 0 Å². The molecule has 2 N–H and O–H groups in total. The summed E-state index contributed by atoms with van der Waals surface area (Å²) in [4.78, 5) is 12.0. The third-order valence-electron chi connectivity index (χ3n) is 5.28. The predicted octanol–water partition coefficient (Wildman–Crippen LogP) is 4.93. The molecule has 0 saturated heterocycles. The fourth-order valence-electron chi connectivity index (χ4n) is 3.79. The van der Waals surface area contributed by atoms with Gasteiger partial charge in [-0.15, -0.1) is 0 Å². The Hall–Kier alpha value is -3.12. The molecule has 6 heteroatoms. The topological polar surface area (TPSA) is 49.3 Å². The first-order valence-electron chi connectivity index (χ1n) is 9.92. The molecule has 3 nitrogen and oxygen atoms in total. The summed E-state index contributed by atoms with van der Waals surface area (Å²) in [5.74, 6) is -2.08. The van der Waals surface area contributed by atoms with Gasteiger partial charge in [0, 0.05) is 12.8 Å². The number of carbonyl (C=O) groups is 1. The quantitative estimate of drug-likeness (QED) is 0.562. The Bertz CT molecular complexity index is 963. The molecule has 0 fully saturated rings. The van der Waals surface area contributed by atoms with Gasteiger partial charge in [-0.05, 0) is 29.2 Å². The summed E-state index contributed by atoms with van der Waals surface area (Å²) >= 11 is 0. The molecule has 3 aromatic carbocycles. The van der Waals surface area contributed by atoms with Crippen LogP contribution in [0.3, 0.4) is 0 Å². The van der Waals surface area contributed by atoms with E-state index in [-0.39, 0.29) is 12.8 Å². The highest BCUT2D eigenvalue weighted by molar-refractivity contribution is 5.82. The van der Waals surface area contributed by atoms with Gasteiger partial charge >= 0.3 is 12.1 Å². The third-order valence-corrected chi connectivity index (χ3v) is 5.28. The second-order valence-electron chi connectivity index (χ2n) is 7.69. The maximum Gasteiger partial charge on any atom is 0.471 e. The molecule has 3 aromatic rings. The number of aryl methyl sites for hydroxylation is 1. The number of hydrogen-bond acceptors (Lipinski definition) is 2. The lowest BCUT2D eigenvalue weighted by Gasteiger charge is -2.38. The van der Waals surface area contributed by atoms with Crippen molar-refractivity contribution in [2.45, 2.75) is 37.6 Å². The lowest BCUT2D eigenvalue weighted by Crippen LogP contribution is -2.52. The molecule has 0 aliphatic heterocycles. The second kappa shape index (κ2) is 9.35. The van der Waals surface area contributed by atoms with Gasteiger partial charge in [0.25, 0.3) is 0 Å². The Morgan fingerprint density at radius 3 is 1.74 bits per heavy atom. The fraction of sp³-hybridized carbons (Fsp3) is 0.240. The molecule has 0 radical (unpaired) electrons. The summed E-state index contributed by atoms with van der Waals surface area (Å²) in [6, 6.07) is 23.6. The minimum absolute atomic E-state index is 0.0554. The first kappa shape index (κ1) is 22.6. The molecule has 31 heavy (non-hydrogen) atoms. The smallest absolute Gasteiger partial charge is 0.387 e. The fourth-order valence-corrected chi connectivity index (χ4v) is 3.79. The van der Waals surface area contributed by atoms with Crippen LogP contribution in [0.2, 0.25) is 0 Å². The molecule has 1 atom stereocenters. The zero-order valence-corrected chi connectivity index (χ0v) is 17.1. The first-order valence-corrected chi connectivity index (χ1v) is 9.92. The molecule has 0 saturated carbocycles. The number of alkyl halides is 3. The maximum absolute atomic E-state index is 13.2. The van der Waals surface area contributed by atoms with E-state index < -0.39 is 23.7 Å². The Morgan fingerprint density at radius 2 is 1.29 bits per heavy atom. The van der Waals surface area contributed by atoms with E-state index in [9.17, 15) is 23.1 Å². The van der Waals surface area contributed by atoms with Crippen molar-refractivity contribution >= 4 is 5.91 Å². The molecule has 3 rings (SSSR count). The van der Waals surface area contributed by atoms with Gasteiger partial charge in [-0.1, -0.05) is 84.9 Å². The van der Waals surface area contributed by atoms with Crippen molar-refractivity contribution in [1.29, 1.82) is 0 Å². The van der Waals surface area contributed by atoms with Gasteiger partial charge in [-0.25, -0.2) is 0 Å². The van der Waals surface area contributed by atoms with E-state index in [0.717, 1.165) is 11.1 Å². The minimum Gasteiger partial charge on any atom is -0.387 e. The van der Waals surface area contributed by atoms with Gasteiger partial charge in [-0.2, -0.15) is 13.2 Å². The summed E-state index contributed by atoms with van der Waals surface area (Å²) in [7, 11) is 0. The molecule has 0 heterocycles. The second-order valence-corrected chi connectivity index (χ2v) is 7.69. The molecule has 0 spiro atoms. The van der Waals surface area contributed by atoms with Crippen molar-refractivity contribution in [2.24, 2.45) is 0 Å². The lowest BCUT2D eigenvalue weighted by atomic mass is 9.78. The number of rotatable bonds is 7. The number of halogens is 3. The molecule has 0 aromatic heterocycles. The van der Waals surface area contributed by atoms with Gasteiger partial charge in [0.05, 0.1) is 11.6 Å². The van der Waals surface area contributed by atoms with E-state index in [4.69, 9.17) is 0 Å². The number of amides is 1. The Labute approximate surface area is 179 Å². The number of nitrogens with one attached hydrogen (secondary N) is 1. The van der Waals surface area contributed by atoms with Crippen LogP contribution >= 0.6 is 0 Å². The van der Waals surface area contributed by atoms with Crippen LogP contribution in [0, 0.1) is 6.92 Å². The predicted molar refractivity (Wildman–Crippen MR) is 113 cm³/mol. The molecule has 162 valence electrons. The van der Waals surface area contributed by atoms with Crippen LogP contribution in [0.4, 0.5) is 13.2 Å². The van der Waals surface area contributed by atoms with E-state index in [2.05, 4.69) is 5.32 Å². The number of hydrogen-bond donors (Lipinski definition) is 2. The van der Waals surface area contributed by atoms with E-state index in [0.29, 0.717) is 11.1 Å². The SMILES string of the molecule is Cc1ccccc1C(NC(=O)C(F)(F)F)C(O)(Cc1ccccc1)Cc1ccccc1. The van der Waals surface area contributed by atoms with Crippen LogP contribution in [-0.2, 0) is 17.6 Å². The maximum atomic E-state index is 13.2. The largest absolute Gasteiger partial charge is 0.471 e. The number of benzene rings is 3. The highest BCUT2D eigenvalue weighted by Crippen LogP contribution is 2.35.